The van der Waals surface area contributed by atoms with E-state index in [9.17, 15) is 9.59 Å². The lowest BCUT2D eigenvalue weighted by atomic mass is 9.86. The third-order valence-electron chi connectivity index (χ3n) is 4.72. The van der Waals surface area contributed by atoms with Crippen molar-refractivity contribution in [3.63, 3.8) is 0 Å². The van der Waals surface area contributed by atoms with Gasteiger partial charge >= 0.3 is 12.0 Å². The van der Waals surface area contributed by atoms with E-state index >= 15 is 0 Å². The Kier molecular flexibility index (Phi) is 7.81. The molecule has 1 heterocycles. The number of nitrogens with one attached hydrogen (secondary N) is 1. The predicted molar refractivity (Wildman–Crippen MR) is 102 cm³/mol. The molecular weight excluding hydrogens is 352 g/mol. The first-order valence-corrected chi connectivity index (χ1v) is 10.3. The molecule has 0 unspecified atom stereocenters. The molecule has 8 heteroatoms. The number of aromatic nitrogens is 2. The Labute approximate surface area is 159 Å². The van der Waals surface area contributed by atoms with Gasteiger partial charge in [0.05, 0.1) is 6.61 Å². The third-order valence-corrected chi connectivity index (χ3v) is 5.54. The van der Waals surface area contributed by atoms with Crippen LogP contribution in [0, 0.1) is 11.8 Å². The van der Waals surface area contributed by atoms with Gasteiger partial charge in [-0.05, 0) is 50.9 Å². The number of amides is 2. The van der Waals surface area contributed by atoms with E-state index in [1.807, 2.05) is 4.90 Å². The lowest BCUT2D eigenvalue weighted by molar-refractivity contribution is 0.0525. The fourth-order valence-corrected chi connectivity index (χ4v) is 3.74. The van der Waals surface area contributed by atoms with Crippen molar-refractivity contribution < 1.29 is 14.3 Å². The molecule has 0 bridgehead atoms. The van der Waals surface area contributed by atoms with Gasteiger partial charge in [0.1, 0.15) is 0 Å². The van der Waals surface area contributed by atoms with E-state index in [1.54, 1.807) is 6.92 Å². The zero-order valence-corrected chi connectivity index (χ0v) is 17.0. The molecule has 2 rings (SSSR count). The number of ether oxygens (including phenoxy) is 1. The predicted octanol–water partition coefficient (Wildman–Crippen LogP) is 4.17. The molecule has 0 aromatic carbocycles. The van der Waals surface area contributed by atoms with Crippen LogP contribution in [0.5, 0.6) is 0 Å². The number of carbonyl (C=O) groups excluding carboxylic acids is 2. The molecule has 1 aromatic heterocycles. The molecule has 2 amide bonds. The smallest absolute Gasteiger partial charge is 0.369 e. The van der Waals surface area contributed by atoms with Gasteiger partial charge in [-0.1, -0.05) is 32.1 Å². The largest absolute Gasteiger partial charge is 0.461 e. The van der Waals surface area contributed by atoms with Crippen LogP contribution >= 0.6 is 11.3 Å². The van der Waals surface area contributed by atoms with E-state index < -0.39 is 5.97 Å². The number of hydrogen-bond donors (Lipinski definition) is 1. The summed E-state index contributed by atoms with van der Waals surface area (Å²) in [7, 11) is 0. The van der Waals surface area contributed by atoms with Crippen molar-refractivity contribution in [2.24, 2.45) is 11.8 Å². The number of carbonyl (C=O) groups is 2. The van der Waals surface area contributed by atoms with E-state index in [-0.39, 0.29) is 23.7 Å². The van der Waals surface area contributed by atoms with E-state index in [1.165, 1.54) is 0 Å². The minimum Gasteiger partial charge on any atom is -0.461 e. The van der Waals surface area contributed by atoms with Crippen LogP contribution in [0.2, 0.25) is 0 Å². The highest BCUT2D eigenvalue weighted by atomic mass is 32.1. The van der Waals surface area contributed by atoms with Crippen LogP contribution in [0.15, 0.2) is 0 Å². The zero-order chi connectivity index (χ0) is 19.1. The van der Waals surface area contributed by atoms with Crippen molar-refractivity contribution in [2.75, 3.05) is 18.5 Å². The van der Waals surface area contributed by atoms with Gasteiger partial charge < -0.3 is 9.64 Å². The van der Waals surface area contributed by atoms with Gasteiger partial charge in [0.2, 0.25) is 10.1 Å². The van der Waals surface area contributed by atoms with Gasteiger partial charge in [-0.2, -0.15) is 0 Å². The first-order valence-electron chi connectivity index (χ1n) is 9.48. The summed E-state index contributed by atoms with van der Waals surface area (Å²) in [6.45, 7) is 9.34. The van der Waals surface area contributed by atoms with Gasteiger partial charge in [-0.25, -0.2) is 9.59 Å². The SMILES string of the molecule is CCOC(=O)c1nnc(NC(=O)N(CCC(C)C)[C@H]2CC[C@H](C)CC2)s1. The number of urea groups is 1. The van der Waals surface area contributed by atoms with Crippen LogP contribution in [0.3, 0.4) is 0 Å². The standard InChI is InChI=1S/C18H30N4O3S/c1-5-25-16(23)15-20-21-17(26-15)19-18(24)22(11-10-12(2)3)14-8-6-13(4)7-9-14/h12-14H,5-11H2,1-4H3,(H,19,21,24)/t13-,14-. The maximum Gasteiger partial charge on any atom is 0.369 e. The summed E-state index contributed by atoms with van der Waals surface area (Å²) >= 11 is 1.04. The van der Waals surface area contributed by atoms with Crippen LogP contribution in [-0.4, -0.2) is 46.3 Å². The van der Waals surface area contributed by atoms with Crippen molar-refractivity contribution in [3.8, 4) is 0 Å². The molecule has 0 saturated heterocycles. The monoisotopic (exact) mass is 382 g/mol. The highest BCUT2D eigenvalue weighted by Gasteiger charge is 2.28. The summed E-state index contributed by atoms with van der Waals surface area (Å²) in [6.07, 6.45) is 5.35. The Bertz CT molecular complexity index is 597. The first kappa shape index (κ1) is 20.6. The molecule has 7 nitrogen and oxygen atoms in total. The Morgan fingerprint density at radius 2 is 1.96 bits per heavy atom. The summed E-state index contributed by atoms with van der Waals surface area (Å²) in [4.78, 5) is 26.5. The second kappa shape index (κ2) is 9.85. The van der Waals surface area contributed by atoms with E-state index in [2.05, 4.69) is 36.3 Å². The molecule has 1 aliphatic rings. The molecule has 0 aliphatic heterocycles. The van der Waals surface area contributed by atoms with E-state index in [0.717, 1.165) is 55.9 Å². The van der Waals surface area contributed by atoms with Crippen LogP contribution < -0.4 is 5.32 Å². The summed E-state index contributed by atoms with van der Waals surface area (Å²) in [5.41, 5.74) is 0. The van der Waals surface area contributed by atoms with Crippen LogP contribution in [0.4, 0.5) is 9.93 Å². The Morgan fingerprint density at radius 3 is 2.58 bits per heavy atom. The lowest BCUT2D eigenvalue weighted by Gasteiger charge is -2.36. The number of rotatable bonds is 7. The minimum atomic E-state index is -0.511. The maximum atomic E-state index is 12.8. The van der Waals surface area contributed by atoms with Gasteiger partial charge in [0.25, 0.3) is 0 Å². The van der Waals surface area contributed by atoms with Crippen LogP contribution in [0.1, 0.15) is 69.6 Å². The fraction of sp³-hybridized carbons (Fsp3) is 0.778. The molecule has 0 spiro atoms. The average molecular weight is 383 g/mol. The summed E-state index contributed by atoms with van der Waals surface area (Å²) in [5.74, 6) is 0.754. The molecule has 146 valence electrons. The summed E-state index contributed by atoms with van der Waals surface area (Å²) in [6, 6.07) is 0.110. The minimum absolute atomic E-state index is 0.155. The van der Waals surface area contributed by atoms with E-state index in [0.29, 0.717) is 11.0 Å². The molecular formula is C18H30N4O3S. The number of esters is 1. The molecule has 1 saturated carbocycles. The number of nitrogens with zero attached hydrogens (tertiary/aromatic N) is 3. The normalized spacial score (nSPS) is 20.0. The average Bonchev–Trinajstić information content (AvgIpc) is 3.05. The lowest BCUT2D eigenvalue weighted by Crippen LogP contribution is -2.45. The third kappa shape index (κ3) is 5.93. The summed E-state index contributed by atoms with van der Waals surface area (Å²) < 4.78 is 4.91. The molecule has 26 heavy (non-hydrogen) atoms. The molecule has 0 atom stereocenters. The molecule has 1 aromatic rings. The molecule has 1 fully saturated rings. The van der Waals surface area contributed by atoms with Gasteiger partial charge in [-0.15, -0.1) is 10.2 Å². The van der Waals surface area contributed by atoms with Crippen molar-refractivity contribution in [3.05, 3.63) is 5.01 Å². The van der Waals surface area contributed by atoms with Gasteiger partial charge in [0.15, 0.2) is 0 Å². The topological polar surface area (TPSA) is 84.4 Å². The highest BCUT2D eigenvalue weighted by molar-refractivity contribution is 7.17. The van der Waals surface area contributed by atoms with Crippen molar-refractivity contribution in [1.29, 1.82) is 0 Å². The second-order valence-electron chi connectivity index (χ2n) is 7.35. The van der Waals surface area contributed by atoms with Gasteiger partial charge in [-0.3, -0.25) is 5.32 Å². The first-order chi connectivity index (χ1) is 12.4. The molecule has 1 N–H and O–H groups in total. The Hall–Kier alpha value is -1.70. The van der Waals surface area contributed by atoms with E-state index in [4.69, 9.17) is 4.74 Å². The fourth-order valence-electron chi connectivity index (χ4n) is 3.11. The maximum absolute atomic E-state index is 12.8. The second-order valence-corrected chi connectivity index (χ2v) is 8.33. The number of hydrogen-bond acceptors (Lipinski definition) is 6. The highest BCUT2D eigenvalue weighted by Crippen LogP contribution is 2.28. The number of anilines is 1. The zero-order valence-electron chi connectivity index (χ0n) is 16.2. The van der Waals surface area contributed by atoms with Crippen molar-refractivity contribution in [2.45, 2.75) is 65.8 Å². The van der Waals surface area contributed by atoms with Crippen LogP contribution in [-0.2, 0) is 4.74 Å². The molecule has 1 aliphatic carbocycles. The summed E-state index contributed by atoms with van der Waals surface area (Å²) in [5, 5.41) is 11.0. The Morgan fingerprint density at radius 1 is 1.27 bits per heavy atom. The Balaban J connectivity index is 2.02. The van der Waals surface area contributed by atoms with Crippen LogP contribution in [0.25, 0.3) is 0 Å². The van der Waals surface area contributed by atoms with Crippen molar-refractivity contribution >= 4 is 28.5 Å². The van der Waals surface area contributed by atoms with Crippen molar-refractivity contribution in [1.82, 2.24) is 15.1 Å². The molecule has 0 radical (unpaired) electrons. The van der Waals surface area contributed by atoms with Gasteiger partial charge in [0, 0.05) is 12.6 Å². The quantitative estimate of drug-likeness (QED) is 0.715.